The fraction of sp³-hybridized carbons (Fsp3) is 0.538. The van der Waals surface area contributed by atoms with E-state index < -0.39 is 0 Å². The molecule has 0 N–H and O–H groups in total. The van der Waals surface area contributed by atoms with Crippen LogP contribution >= 0.6 is 15.9 Å². The van der Waals surface area contributed by atoms with E-state index in [4.69, 9.17) is 4.74 Å². The van der Waals surface area contributed by atoms with Crippen molar-refractivity contribution in [2.75, 3.05) is 25.5 Å². The first-order valence-corrected chi connectivity index (χ1v) is 7.22. The van der Waals surface area contributed by atoms with E-state index in [-0.39, 0.29) is 5.91 Å². The van der Waals surface area contributed by atoms with Crippen LogP contribution in [-0.4, -0.2) is 41.3 Å². The number of amides is 1. The third kappa shape index (κ3) is 2.83. The third-order valence-corrected chi connectivity index (χ3v) is 3.74. The molecule has 1 aromatic rings. The van der Waals surface area contributed by atoms with Crippen molar-refractivity contribution < 1.29 is 9.53 Å². The van der Waals surface area contributed by atoms with Crippen molar-refractivity contribution in [3.8, 4) is 5.88 Å². The highest BCUT2D eigenvalue weighted by Gasteiger charge is 2.28. The highest BCUT2D eigenvalue weighted by Crippen LogP contribution is 2.24. The molecule has 1 amide bonds. The van der Waals surface area contributed by atoms with Crippen LogP contribution in [0.1, 0.15) is 23.2 Å². The fourth-order valence-electron chi connectivity index (χ4n) is 2.29. The molecule has 0 saturated carbocycles. The van der Waals surface area contributed by atoms with Gasteiger partial charge in [0.15, 0.2) is 0 Å². The number of alkyl halides is 1. The molecule has 1 saturated heterocycles. The average Bonchev–Trinajstić information content (AvgIpc) is 2.87. The highest BCUT2D eigenvalue weighted by atomic mass is 79.9. The minimum absolute atomic E-state index is 0.0250. The molecule has 2 heterocycles. The molecule has 5 heteroatoms. The summed E-state index contributed by atoms with van der Waals surface area (Å²) in [6.07, 6.45) is 3.83. The van der Waals surface area contributed by atoms with Crippen molar-refractivity contribution in [3.05, 3.63) is 23.9 Å². The first-order valence-electron chi connectivity index (χ1n) is 6.10. The van der Waals surface area contributed by atoms with Crippen LogP contribution in [0.15, 0.2) is 18.3 Å². The van der Waals surface area contributed by atoms with Crippen LogP contribution in [0.5, 0.6) is 5.88 Å². The Hall–Kier alpha value is -1.10. The van der Waals surface area contributed by atoms with Gasteiger partial charge >= 0.3 is 0 Å². The normalized spacial score (nSPS) is 19.0. The molecule has 0 spiro atoms. The van der Waals surface area contributed by atoms with Crippen molar-refractivity contribution in [2.24, 2.45) is 5.92 Å². The van der Waals surface area contributed by atoms with Crippen LogP contribution in [0.2, 0.25) is 0 Å². The maximum Gasteiger partial charge on any atom is 0.259 e. The summed E-state index contributed by atoms with van der Waals surface area (Å²) in [5.41, 5.74) is 0.555. The van der Waals surface area contributed by atoms with Crippen LogP contribution in [0.4, 0.5) is 0 Å². The molecular weight excluding hydrogens is 296 g/mol. The van der Waals surface area contributed by atoms with Gasteiger partial charge in [-0.05, 0) is 30.9 Å². The predicted octanol–water partition coefficient (Wildman–Crippen LogP) is 2.34. The zero-order valence-electron chi connectivity index (χ0n) is 10.4. The maximum atomic E-state index is 12.4. The molecular formula is C13H17BrN2O2. The maximum absolute atomic E-state index is 12.4. The van der Waals surface area contributed by atoms with E-state index in [1.807, 2.05) is 4.90 Å². The Balaban J connectivity index is 2.08. The molecule has 1 atom stereocenters. The fourth-order valence-corrected chi connectivity index (χ4v) is 2.94. The number of hydrogen-bond acceptors (Lipinski definition) is 3. The Morgan fingerprint density at radius 1 is 1.67 bits per heavy atom. The van der Waals surface area contributed by atoms with Crippen molar-refractivity contribution in [1.29, 1.82) is 0 Å². The van der Waals surface area contributed by atoms with Gasteiger partial charge in [-0.15, -0.1) is 0 Å². The smallest absolute Gasteiger partial charge is 0.259 e. The van der Waals surface area contributed by atoms with Gasteiger partial charge in [-0.2, -0.15) is 0 Å². The summed E-state index contributed by atoms with van der Waals surface area (Å²) in [5, 5.41) is 0.996. The lowest BCUT2D eigenvalue weighted by Gasteiger charge is -2.17. The largest absolute Gasteiger partial charge is 0.480 e. The molecule has 0 aliphatic carbocycles. The van der Waals surface area contributed by atoms with Crippen LogP contribution in [-0.2, 0) is 0 Å². The van der Waals surface area contributed by atoms with E-state index in [0.717, 1.165) is 31.3 Å². The summed E-state index contributed by atoms with van der Waals surface area (Å²) in [4.78, 5) is 18.3. The molecule has 1 aliphatic heterocycles. The number of likely N-dealkylation sites (tertiary alicyclic amines) is 1. The van der Waals surface area contributed by atoms with E-state index in [1.165, 1.54) is 7.11 Å². The summed E-state index contributed by atoms with van der Waals surface area (Å²) in [5.74, 6) is 1.04. The molecule has 0 radical (unpaired) electrons. The van der Waals surface area contributed by atoms with Crippen molar-refractivity contribution >= 4 is 21.8 Å². The number of rotatable bonds is 4. The summed E-state index contributed by atoms with van der Waals surface area (Å²) < 4.78 is 5.13. The van der Waals surface area contributed by atoms with Gasteiger partial charge in [-0.1, -0.05) is 15.9 Å². The van der Waals surface area contributed by atoms with Crippen LogP contribution in [0.3, 0.4) is 0 Å². The standard InChI is InChI=1S/C13H17BrN2O2/c1-18-12-11(3-2-7-15-12)13(17)16-8-5-10(9-16)4-6-14/h2-3,7,10H,4-6,8-9H2,1H3. The van der Waals surface area contributed by atoms with E-state index in [1.54, 1.807) is 18.3 Å². The van der Waals surface area contributed by atoms with Crippen molar-refractivity contribution in [3.63, 3.8) is 0 Å². The Morgan fingerprint density at radius 2 is 2.50 bits per heavy atom. The lowest BCUT2D eigenvalue weighted by Crippen LogP contribution is -2.29. The Bertz CT molecular complexity index is 425. The van der Waals surface area contributed by atoms with Gasteiger partial charge < -0.3 is 9.64 Å². The summed E-state index contributed by atoms with van der Waals surface area (Å²) in [6.45, 7) is 1.66. The number of aromatic nitrogens is 1. The molecule has 98 valence electrons. The van der Waals surface area contributed by atoms with Gasteiger partial charge in [0, 0.05) is 24.6 Å². The Kier molecular flexibility index (Phi) is 4.58. The van der Waals surface area contributed by atoms with Gasteiger partial charge in [0.1, 0.15) is 5.56 Å². The van der Waals surface area contributed by atoms with Crippen molar-refractivity contribution in [2.45, 2.75) is 12.8 Å². The zero-order valence-corrected chi connectivity index (χ0v) is 12.0. The number of halogens is 1. The average molecular weight is 313 g/mol. The summed E-state index contributed by atoms with van der Waals surface area (Å²) in [7, 11) is 1.54. The monoisotopic (exact) mass is 312 g/mol. The highest BCUT2D eigenvalue weighted by molar-refractivity contribution is 9.09. The minimum Gasteiger partial charge on any atom is -0.480 e. The van der Waals surface area contributed by atoms with Crippen molar-refractivity contribution in [1.82, 2.24) is 9.88 Å². The van der Waals surface area contributed by atoms with Crippen LogP contribution < -0.4 is 4.74 Å². The zero-order chi connectivity index (χ0) is 13.0. The molecule has 18 heavy (non-hydrogen) atoms. The number of ether oxygens (including phenoxy) is 1. The van der Waals surface area contributed by atoms with E-state index >= 15 is 0 Å². The molecule has 2 rings (SSSR count). The number of carbonyl (C=O) groups excluding carboxylic acids is 1. The van der Waals surface area contributed by atoms with Gasteiger partial charge in [-0.3, -0.25) is 4.79 Å². The van der Waals surface area contributed by atoms with Gasteiger partial charge in [0.2, 0.25) is 5.88 Å². The number of carbonyl (C=O) groups is 1. The second kappa shape index (κ2) is 6.18. The first-order chi connectivity index (χ1) is 8.76. The molecule has 0 aromatic carbocycles. The second-order valence-electron chi connectivity index (χ2n) is 4.44. The number of nitrogens with zero attached hydrogens (tertiary/aromatic N) is 2. The molecule has 4 nitrogen and oxygen atoms in total. The SMILES string of the molecule is COc1ncccc1C(=O)N1CCC(CCBr)C1. The second-order valence-corrected chi connectivity index (χ2v) is 5.24. The predicted molar refractivity (Wildman–Crippen MR) is 73.2 cm³/mol. The number of methoxy groups -OCH3 is 1. The van der Waals surface area contributed by atoms with Gasteiger partial charge in [0.05, 0.1) is 7.11 Å². The van der Waals surface area contributed by atoms with Gasteiger partial charge in [0.25, 0.3) is 5.91 Å². The van der Waals surface area contributed by atoms with Crippen LogP contribution in [0.25, 0.3) is 0 Å². The number of hydrogen-bond donors (Lipinski definition) is 0. The molecule has 1 unspecified atom stereocenters. The topological polar surface area (TPSA) is 42.4 Å². The quantitative estimate of drug-likeness (QED) is 0.801. The van der Waals surface area contributed by atoms with E-state index in [9.17, 15) is 4.79 Å². The lowest BCUT2D eigenvalue weighted by molar-refractivity contribution is 0.0783. The van der Waals surface area contributed by atoms with E-state index in [0.29, 0.717) is 17.4 Å². The van der Waals surface area contributed by atoms with Gasteiger partial charge in [-0.25, -0.2) is 4.98 Å². The molecule has 0 bridgehead atoms. The Labute approximate surface area is 115 Å². The number of pyridine rings is 1. The summed E-state index contributed by atoms with van der Waals surface area (Å²) in [6, 6.07) is 3.54. The summed E-state index contributed by atoms with van der Waals surface area (Å²) >= 11 is 3.45. The Morgan fingerprint density at radius 3 is 3.22 bits per heavy atom. The molecule has 1 aromatic heterocycles. The first kappa shape index (κ1) is 13.3. The minimum atomic E-state index is 0.0250. The lowest BCUT2D eigenvalue weighted by atomic mass is 10.1. The third-order valence-electron chi connectivity index (χ3n) is 3.29. The van der Waals surface area contributed by atoms with Crippen LogP contribution in [0, 0.1) is 5.92 Å². The molecule has 1 fully saturated rings. The van der Waals surface area contributed by atoms with E-state index in [2.05, 4.69) is 20.9 Å². The molecule has 1 aliphatic rings.